The standard InChI is InChI=1S/3C6H4Cl.C3F6O2.Sb/c3*7-6-4-2-1-3-5-6;4-2(5,6)1(10,11)3(7,8)9;/h3*2-5H;;/q;;;-2;+2. The molecule has 33 heavy (non-hydrogen) atoms. The fourth-order valence-electron chi connectivity index (χ4n) is 3.76. The van der Waals surface area contributed by atoms with Gasteiger partial charge in [0, 0.05) is 0 Å². The Labute approximate surface area is 201 Å². The molecule has 0 spiro atoms. The molecule has 12 heteroatoms. The molecule has 0 bridgehead atoms. The molecule has 1 aliphatic rings. The minimum absolute atomic E-state index is 0.0148. The third-order valence-corrected chi connectivity index (χ3v) is 20.0. The topological polar surface area (TPSA) is 18.5 Å². The number of rotatable bonds is 3. The predicted octanol–water partition coefficient (Wildman–Crippen LogP) is 5.93. The quantitative estimate of drug-likeness (QED) is 0.262. The Morgan fingerprint density at radius 1 is 0.515 bits per heavy atom. The molecule has 2 nitrogen and oxygen atoms in total. The maximum absolute atomic E-state index is 13.9. The second kappa shape index (κ2) is 7.94. The SMILES string of the molecule is FC(F)(F)C1(C(F)(F)F)[O][Sb]([c]2ccc(Cl)cc2)([c]2ccc(Cl)cc2)([c]2ccc(Cl)cc2)[O]1. The van der Waals surface area contributed by atoms with Gasteiger partial charge >= 0.3 is 202 Å². The molecule has 176 valence electrons. The maximum atomic E-state index is 13.9. The molecule has 0 saturated carbocycles. The molecule has 0 unspecified atom stereocenters. The van der Waals surface area contributed by atoms with Crippen LogP contribution in [0.2, 0.25) is 15.1 Å². The van der Waals surface area contributed by atoms with Gasteiger partial charge in [-0.3, -0.25) is 0 Å². The third-order valence-electron chi connectivity index (χ3n) is 5.24. The molecule has 0 atom stereocenters. The Kier molecular flexibility index (Phi) is 6.00. The first kappa shape index (κ1) is 25.0. The van der Waals surface area contributed by atoms with E-state index in [9.17, 15) is 26.3 Å². The van der Waals surface area contributed by atoms with Gasteiger partial charge in [0.05, 0.1) is 0 Å². The van der Waals surface area contributed by atoms with Crippen LogP contribution in [-0.2, 0) is 6.03 Å². The minimum atomic E-state index is -6.41. The van der Waals surface area contributed by atoms with E-state index >= 15 is 0 Å². The van der Waals surface area contributed by atoms with E-state index in [1.54, 1.807) is 0 Å². The Morgan fingerprint density at radius 2 is 0.758 bits per heavy atom. The molecular weight excluding hydrogens is 626 g/mol. The number of benzene rings is 3. The predicted molar refractivity (Wildman–Crippen MR) is 116 cm³/mol. The molecule has 1 saturated heterocycles. The molecule has 0 amide bonds. The van der Waals surface area contributed by atoms with Crippen LogP contribution in [0.25, 0.3) is 0 Å². The van der Waals surface area contributed by atoms with Gasteiger partial charge in [0.15, 0.2) is 0 Å². The first-order valence-electron chi connectivity index (χ1n) is 9.11. The Hall–Kier alpha value is -1.15. The summed E-state index contributed by atoms with van der Waals surface area (Å²) in [5, 5.41) is 0.662. The first-order valence-corrected chi connectivity index (χ1v) is 16.2. The van der Waals surface area contributed by atoms with Crippen molar-refractivity contribution in [3.05, 3.63) is 87.9 Å². The summed E-state index contributed by atoms with van der Waals surface area (Å²) in [6.45, 7) is 0. The Balaban J connectivity index is 2.13. The molecule has 1 fully saturated rings. The number of alkyl halides is 6. The second-order valence-corrected chi connectivity index (χ2v) is 19.4. The molecule has 0 aromatic heterocycles. The summed E-state index contributed by atoms with van der Waals surface area (Å²) in [6, 6.07) is 15.9. The van der Waals surface area contributed by atoms with Crippen LogP contribution in [-0.4, -0.2) is 36.4 Å². The summed E-state index contributed by atoms with van der Waals surface area (Å²) in [5.74, 6) is -4.82. The van der Waals surface area contributed by atoms with Crippen LogP contribution in [0, 0.1) is 0 Å². The second-order valence-electron chi connectivity index (χ2n) is 7.18. The molecule has 1 heterocycles. The molecule has 3 aromatic rings. The molecular formula is C21H12Cl3F6O2Sb. The van der Waals surface area contributed by atoms with Crippen LogP contribution in [0.5, 0.6) is 0 Å². The van der Waals surface area contributed by atoms with Crippen molar-refractivity contribution in [3.63, 3.8) is 0 Å². The summed E-state index contributed by atoms with van der Waals surface area (Å²) in [6.07, 6.45) is -11.8. The summed E-state index contributed by atoms with van der Waals surface area (Å²) in [5.41, 5.74) is 0. The van der Waals surface area contributed by atoms with Crippen molar-refractivity contribution in [1.82, 2.24) is 0 Å². The van der Waals surface area contributed by atoms with Crippen molar-refractivity contribution in [2.24, 2.45) is 0 Å². The van der Waals surface area contributed by atoms with E-state index in [0.29, 0.717) is 0 Å². The van der Waals surface area contributed by atoms with Crippen molar-refractivity contribution >= 4 is 63.6 Å². The van der Waals surface area contributed by atoms with E-state index in [1.165, 1.54) is 72.8 Å². The van der Waals surface area contributed by atoms with Crippen molar-refractivity contribution in [3.8, 4) is 0 Å². The van der Waals surface area contributed by atoms with E-state index in [-0.39, 0.29) is 25.6 Å². The van der Waals surface area contributed by atoms with Gasteiger partial charge in [0.1, 0.15) is 0 Å². The van der Waals surface area contributed by atoms with Gasteiger partial charge < -0.3 is 0 Å². The number of hydrogen-bond acceptors (Lipinski definition) is 2. The van der Waals surface area contributed by atoms with Gasteiger partial charge in [-0.15, -0.1) is 0 Å². The molecule has 0 aliphatic carbocycles. The zero-order valence-electron chi connectivity index (χ0n) is 16.1. The van der Waals surface area contributed by atoms with Crippen LogP contribution in [0.4, 0.5) is 26.3 Å². The molecule has 4 rings (SSSR count). The van der Waals surface area contributed by atoms with Gasteiger partial charge in [-0.05, 0) is 0 Å². The summed E-state index contributed by atoms with van der Waals surface area (Å²) < 4.78 is 94.1. The number of halogens is 9. The van der Waals surface area contributed by atoms with Gasteiger partial charge in [0.2, 0.25) is 0 Å². The van der Waals surface area contributed by atoms with E-state index in [1.807, 2.05) is 0 Å². The van der Waals surface area contributed by atoms with E-state index < -0.39 is 36.4 Å². The normalized spacial score (nSPS) is 20.3. The fraction of sp³-hybridized carbons (Fsp3) is 0.143. The van der Waals surface area contributed by atoms with Gasteiger partial charge in [-0.1, -0.05) is 0 Å². The van der Waals surface area contributed by atoms with E-state index in [4.69, 9.17) is 40.8 Å². The van der Waals surface area contributed by atoms with E-state index in [2.05, 4.69) is 0 Å². The van der Waals surface area contributed by atoms with Crippen LogP contribution in [0.3, 0.4) is 0 Å². The molecule has 0 N–H and O–H groups in total. The summed E-state index contributed by atoms with van der Waals surface area (Å²) in [7, 11) is 0. The zero-order valence-corrected chi connectivity index (χ0v) is 20.9. The van der Waals surface area contributed by atoms with E-state index in [0.717, 1.165) is 0 Å². The Morgan fingerprint density at radius 3 is 0.970 bits per heavy atom. The van der Waals surface area contributed by atoms with Gasteiger partial charge in [0.25, 0.3) is 0 Å². The van der Waals surface area contributed by atoms with Crippen molar-refractivity contribution in [2.75, 3.05) is 0 Å². The van der Waals surface area contributed by atoms with Gasteiger partial charge in [-0.2, -0.15) is 0 Å². The van der Waals surface area contributed by atoms with Crippen LogP contribution in [0.1, 0.15) is 0 Å². The Bertz CT molecular complexity index is 1040. The molecule has 3 aromatic carbocycles. The molecule has 0 radical (unpaired) electrons. The first-order chi connectivity index (χ1) is 15.2. The third kappa shape index (κ3) is 3.57. The average Bonchev–Trinajstić information content (AvgIpc) is 2.69. The molecule has 1 aliphatic heterocycles. The van der Waals surface area contributed by atoms with Crippen LogP contribution >= 0.6 is 34.8 Å². The van der Waals surface area contributed by atoms with Crippen molar-refractivity contribution in [1.29, 1.82) is 0 Å². The summed E-state index contributed by atoms with van der Waals surface area (Å²) in [4.78, 5) is 0. The number of hydrogen-bond donors (Lipinski definition) is 0. The summed E-state index contributed by atoms with van der Waals surface area (Å²) >= 11 is 11.4. The fourth-order valence-corrected chi connectivity index (χ4v) is 18.4. The average molecular weight is 638 g/mol. The van der Waals surface area contributed by atoms with Crippen molar-refractivity contribution < 1.29 is 32.4 Å². The monoisotopic (exact) mass is 636 g/mol. The van der Waals surface area contributed by atoms with Crippen LogP contribution in [0.15, 0.2) is 72.8 Å². The van der Waals surface area contributed by atoms with Crippen LogP contribution < -0.4 is 10.5 Å². The zero-order chi connectivity index (χ0) is 24.3. The van der Waals surface area contributed by atoms with Gasteiger partial charge in [-0.25, -0.2) is 0 Å². The van der Waals surface area contributed by atoms with Crippen molar-refractivity contribution in [2.45, 2.75) is 18.1 Å².